The molecule has 4 nitrogen and oxygen atoms in total. The molecule has 94 valence electrons. The molecule has 0 aliphatic carbocycles. The Labute approximate surface area is 98.2 Å². The first-order valence-corrected chi connectivity index (χ1v) is 6.44. The summed E-state index contributed by atoms with van der Waals surface area (Å²) in [5.74, 6) is 0. The fraction of sp³-hybridized carbons (Fsp3) is 0.917. The van der Waals surface area contributed by atoms with E-state index in [1.54, 1.807) is 0 Å². The molecule has 0 saturated carbocycles. The van der Waals surface area contributed by atoms with Crippen molar-refractivity contribution in [2.45, 2.75) is 39.0 Å². The molecule has 0 radical (unpaired) electrons. The topological polar surface area (TPSA) is 43.8 Å². The van der Waals surface area contributed by atoms with Crippen molar-refractivity contribution in [3.63, 3.8) is 0 Å². The van der Waals surface area contributed by atoms with Crippen molar-refractivity contribution in [1.82, 2.24) is 9.80 Å². The lowest BCUT2D eigenvalue weighted by Gasteiger charge is -2.29. The third-order valence-electron chi connectivity index (χ3n) is 3.11. The Hall–Kier alpha value is -0.770. The van der Waals surface area contributed by atoms with Crippen LogP contribution in [0.15, 0.2) is 0 Å². The van der Waals surface area contributed by atoms with E-state index in [1.807, 2.05) is 16.7 Å². The van der Waals surface area contributed by atoms with Crippen molar-refractivity contribution in [2.24, 2.45) is 0 Å². The SMILES string of the molecule is CCN(CCCO)C(=O)N1CCCCCC1. The molecule has 2 amide bonds. The third-order valence-corrected chi connectivity index (χ3v) is 3.11. The second-order valence-electron chi connectivity index (χ2n) is 4.34. The Morgan fingerprint density at radius 3 is 2.38 bits per heavy atom. The fourth-order valence-corrected chi connectivity index (χ4v) is 2.11. The molecule has 0 aromatic rings. The number of rotatable bonds is 4. The molecule has 1 heterocycles. The number of likely N-dealkylation sites (tertiary alicyclic amines) is 1. The van der Waals surface area contributed by atoms with Gasteiger partial charge in [0.25, 0.3) is 0 Å². The van der Waals surface area contributed by atoms with Crippen LogP contribution in [0, 0.1) is 0 Å². The van der Waals surface area contributed by atoms with Crippen molar-refractivity contribution in [3.05, 3.63) is 0 Å². The Morgan fingerprint density at radius 1 is 1.25 bits per heavy atom. The minimum absolute atomic E-state index is 0.151. The van der Waals surface area contributed by atoms with Gasteiger partial charge in [-0.3, -0.25) is 0 Å². The molecule has 0 bridgehead atoms. The lowest BCUT2D eigenvalue weighted by molar-refractivity contribution is 0.152. The van der Waals surface area contributed by atoms with Gasteiger partial charge in [0.2, 0.25) is 0 Å². The number of hydrogen-bond acceptors (Lipinski definition) is 2. The van der Waals surface area contributed by atoms with Crippen LogP contribution in [-0.2, 0) is 0 Å². The molecule has 0 aromatic carbocycles. The number of hydrogen-bond donors (Lipinski definition) is 1. The van der Waals surface area contributed by atoms with Crippen LogP contribution in [0.5, 0.6) is 0 Å². The molecule has 1 aliphatic heterocycles. The molecule has 1 aliphatic rings. The van der Waals surface area contributed by atoms with Crippen LogP contribution in [0.25, 0.3) is 0 Å². The highest BCUT2D eigenvalue weighted by Gasteiger charge is 2.19. The molecule has 0 spiro atoms. The highest BCUT2D eigenvalue weighted by Crippen LogP contribution is 2.11. The molecular weight excluding hydrogens is 204 g/mol. The number of aliphatic hydroxyl groups is 1. The van der Waals surface area contributed by atoms with Gasteiger partial charge < -0.3 is 14.9 Å². The summed E-state index contributed by atoms with van der Waals surface area (Å²) in [6.07, 6.45) is 5.42. The molecule has 16 heavy (non-hydrogen) atoms. The van der Waals surface area contributed by atoms with Gasteiger partial charge in [-0.15, -0.1) is 0 Å². The normalized spacial score (nSPS) is 17.0. The zero-order valence-corrected chi connectivity index (χ0v) is 10.3. The quantitative estimate of drug-likeness (QED) is 0.795. The summed E-state index contributed by atoms with van der Waals surface area (Å²) in [5, 5.41) is 8.80. The first-order valence-electron chi connectivity index (χ1n) is 6.44. The van der Waals surface area contributed by atoms with Crippen LogP contribution in [0.3, 0.4) is 0 Å². The average molecular weight is 228 g/mol. The molecule has 0 aromatic heterocycles. The third kappa shape index (κ3) is 4.00. The monoisotopic (exact) mass is 228 g/mol. The van der Waals surface area contributed by atoms with E-state index in [2.05, 4.69) is 0 Å². The Morgan fingerprint density at radius 2 is 1.88 bits per heavy atom. The number of nitrogens with zero attached hydrogens (tertiary/aromatic N) is 2. The van der Waals surface area contributed by atoms with Gasteiger partial charge >= 0.3 is 6.03 Å². The van der Waals surface area contributed by atoms with Gasteiger partial charge in [-0.05, 0) is 26.2 Å². The van der Waals surface area contributed by atoms with Crippen molar-refractivity contribution in [3.8, 4) is 0 Å². The molecule has 1 saturated heterocycles. The number of urea groups is 1. The molecule has 0 atom stereocenters. The van der Waals surface area contributed by atoms with Crippen molar-refractivity contribution < 1.29 is 9.90 Å². The maximum atomic E-state index is 12.2. The highest BCUT2D eigenvalue weighted by atomic mass is 16.3. The van der Waals surface area contributed by atoms with Crippen molar-refractivity contribution >= 4 is 6.03 Å². The van der Waals surface area contributed by atoms with Gasteiger partial charge in [-0.1, -0.05) is 12.8 Å². The zero-order chi connectivity index (χ0) is 11.8. The first kappa shape index (κ1) is 13.3. The summed E-state index contributed by atoms with van der Waals surface area (Å²) in [6.45, 7) is 5.34. The second-order valence-corrected chi connectivity index (χ2v) is 4.34. The summed E-state index contributed by atoms with van der Waals surface area (Å²) in [4.78, 5) is 16.0. The van der Waals surface area contributed by atoms with Crippen LogP contribution in [-0.4, -0.2) is 53.7 Å². The minimum atomic E-state index is 0.151. The molecule has 0 unspecified atom stereocenters. The lowest BCUT2D eigenvalue weighted by Crippen LogP contribution is -2.44. The molecule has 1 rings (SSSR count). The summed E-state index contributed by atoms with van der Waals surface area (Å²) in [5.41, 5.74) is 0. The Balaban J connectivity index is 2.44. The van der Waals surface area contributed by atoms with Gasteiger partial charge in [0.15, 0.2) is 0 Å². The van der Waals surface area contributed by atoms with E-state index in [0.717, 1.165) is 32.5 Å². The second kappa shape index (κ2) is 7.49. The van der Waals surface area contributed by atoms with E-state index in [4.69, 9.17) is 5.11 Å². The average Bonchev–Trinajstić information content (AvgIpc) is 2.58. The number of carbonyl (C=O) groups is 1. The van der Waals surface area contributed by atoms with E-state index in [0.29, 0.717) is 13.0 Å². The molecule has 4 heteroatoms. The summed E-state index contributed by atoms with van der Waals surface area (Å²) >= 11 is 0. The van der Waals surface area contributed by atoms with Gasteiger partial charge in [0.05, 0.1) is 0 Å². The van der Waals surface area contributed by atoms with E-state index >= 15 is 0 Å². The minimum Gasteiger partial charge on any atom is -0.396 e. The van der Waals surface area contributed by atoms with Crippen LogP contribution in [0.4, 0.5) is 4.79 Å². The number of carbonyl (C=O) groups excluding carboxylic acids is 1. The van der Waals surface area contributed by atoms with Gasteiger partial charge in [-0.2, -0.15) is 0 Å². The van der Waals surface area contributed by atoms with Gasteiger partial charge in [0.1, 0.15) is 0 Å². The molecular formula is C12H24N2O2. The van der Waals surface area contributed by atoms with Crippen molar-refractivity contribution in [1.29, 1.82) is 0 Å². The summed E-state index contributed by atoms with van der Waals surface area (Å²) < 4.78 is 0. The van der Waals surface area contributed by atoms with Crippen LogP contribution in [0.2, 0.25) is 0 Å². The van der Waals surface area contributed by atoms with E-state index < -0.39 is 0 Å². The van der Waals surface area contributed by atoms with Gasteiger partial charge in [0, 0.05) is 32.8 Å². The molecule has 1 N–H and O–H groups in total. The fourth-order valence-electron chi connectivity index (χ4n) is 2.11. The Kier molecular flexibility index (Phi) is 6.23. The highest BCUT2D eigenvalue weighted by molar-refractivity contribution is 5.74. The lowest BCUT2D eigenvalue weighted by atomic mass is 10.2. The van der Waals surface area contributed by atoms with E-state index in [1.165, 1.54) is 12.8 Å². The standard InChI is InChI=1S/C12H24N2O2/c1-2-13(10-7-11-15)12(16)14-8-5-3-4-6-9-14/h15H,2-11H2,1H3. The van der Waals surface area contributed by atoms with Crippen molar-refractivity contribution in [2.75, 3.05) is 32.8 Å². The van der Waals surface area contributed by atoms with Gasteiger partial charge in [-0.25, -0.2) is 4.79 Å². The maximum absolute atomic E-state index is 12.2. The Bertz CT molecular complexity index is 201. The summed E-state index contributed by atoms with van der Waals surface area (Å²) in [7, 11) is 0. The smallest absolute Gasteiger partial charge is 0.319 e. The predicted molar refractivity (Wildman–Crippen MR) is 64.4 cm³/mol. The zero-order valence-electron chi connectivity index (χ0n) is 10.3. The maximum Gasteiger partial charge on any atom is 0.319 e. The predicted octanol–water partition coefficient (Wildman–Crippen LogP) is 1.69. The largest absolute Gasteiger partial charge is 0.396 e. The van der Waals surface area contributed by atoms with E-state index in [9.17, 15) is 4.79 Å². The van der Waals surface area contributed by atoms with Crippen LogP contribution >= 0.6 is 0 Å². The number of amides is 2. The van der Waals surface area contributed by atoms with Crippen LogP contribution in [0.1, 0.15) is 39.0 Å². The van der Waals surface area contributed by atoms with Crippen LogP contribution < -0.4 is 0 Å². The number of aliphatic hydroxyl groups excluding tert-OH is 1. The first-order chi connectivity index (χ1) is 7.79. The summed E-state index contributed by atoms with van der Waals surface area (Å²) in [6, 6.07) is 0.151. The molecule has 1 fully saturated rings. The van der Waals surface area contributed by atoms with E-state index in [-0.39, 0.29) is 12.6 Å².